The zero-order valence-corrected chi connectivity index (χ0v) is 27.0. The number of hydrogen-bond acceptors (Lipinski definition) is 5. The molecular weight excluding hydrogens is 524 g/mol. The van der Waals surface area contributed by atoms with Gasteiger partial charge in [0.25, 0.3) is 0 Å². The zero-order valence-electron chi connectivity index (χ0n) is 27.0. The molecule has 0 aliphatic rings. The molecule has 5 nitrogen and oxygen atoms in total. The van der Waals surface area contributed by atoms with E-state index in [4.69, 9.17) is 9.47 Å². The molecule has 0 heterocycles. The lowest BCUT2D eigenvalue weighted by Crippen LogP contribution is -2.28. The third kappa shape index (κ3) is 30.6. The molecule has 0 rings (SSSR count). The van der Waals surface area contributed by atoms with Crippen molar-refractivity contribution in [2.24, 2.45) is 0 Å². The number of allylic oxidation sites excluding steroid dienone is 10. The first kappa shape index (κ1) is 39.6. The molecular formula is C37H62O5. The van der Waals surface area contributed by atoms with Crippen molar-refractivity contribution in [1.82, 2.24) is 0 Å². The molecule has 0 aromatic heterocycles. The van der Waals surface area contributed by atoms with E-state index < -0.39 is 6.10 Å². The summed E-state index contributed by atoms with van der Waals surface area (Å²) in [5, 5.41) is 9.49. The first-order valence-corrected chi connectivity index (χ1v) is 16.8. The van der Waals surface area contributed by atoms with Crippen molar-refractivity contribution in [3.8, 4) is 0 Å². The van der Waals surface area contributed by atoms with E-state index in [0.717, 1.165) is 57.8 Å². The van der Waals surface area contributed by atoms with Crippen LogP contribution in [0.4, 0.5) is 0 Å². The summed E-state index contributed by atoms with van der Waals surface area (Å²) >= 11 is 0. The fraction of sp³-hybridized carbons (Fsp3) is 0.676. The van der Waals surface area contributed by atoms with Crippen molar-refractivity contribution in [3.05, 3.63) is 60.8 Å². The summed E-state index contributed by atoms with van der Waals surface area (Å²) in [6.07, 6.45) is 41.3. The van der Waals surface area contributed by atoms with Crippen LogP contribution in [0.25, 0.3) is 0 Å². The van der Waals surface area contributed by atoms with E-state index in [1.54, 1.807) is 0 Å². The number of esters is 2. The van der Waals surface area contributed by atoms with Gasteiger partial charge in [-0.15, -0.1) is 0 Å². The van der Waals surface area contributed by atoms with E-state index in [-0.39, 0.29) is 31.6 Å². The summed E-state index contributed by atoms with van der Waals surface area (Å²) in [7, 11) is 0. The third-order valence-electron chi connectivity index (χ3n) is 6.83. The molecule has 0 amide bonds. The molecule has 0 aliphatic carbocycles. The molecule has 0 aromatic rings. The third-order valence-corrected chi connectivity index (χ3v) is 6.83. The summed E-state index contributed by atoms with van der Waals surface area (Å²) in [5.41, 5.74) is 0. The monoisotopic (exact) mass is 586 g/mol. The number of ether oxygens (including phenoxy) is 2. The van der Waals surface area contributed by atoms with Crippen molar-refractivity contribution in [2.45, 2.75) is 148 Å². The average Bonchev–Trinajstić information content (AvgIpc) is 2.99. The van der Waals surface area contributed by atoms with E-state index in [2.05, 4.69) is 74.6 Å². The largest absolute Gasteiger partial charge is 0.462 e. The zero-order chi connectivity index (χ0) is 30.8. The molecule has 1 atom stereocenters. The Morgan fingerprint density at radius 3 is 1.52 bits per heavy atom. The summed E-state index contributed by atoms with van der Waals surface area (Å²) in [6.45, 7) is 3.94. The van der Waals surface area contributed by atoms with Gasteiger partial charge in [-0.25, -0.2) is 0 Å². The lowest BCUT2D eigenvalue weighted by atomic mass is 10.1. The topological polar surface area (TPSA) is 72.8 Å². The fourth-order valence-electron chi connectivity index (χ4n) is 4.29. The van der Waals surface area contributed by atoms with Crippen LogP contribution in [0, 0.1) is 0 Å². The summed E-state index contributed by atoms with van der Waals surface area (Å²) in [5.74, 6) is -0.665. The minimum atomic E-state index is -0.799. The van der Waals surface area contributed by atoms with E-state index in [0.29, 0.717) is 12.8 Å². The van der Waals surface area contributed by atoms with Gasteiger partial charge in [0.2, 0.25) is 0 Å². The number of carbonyl (C=O) groups excluding carboxylic acids is 2. The van der Waals surface area contributed by atoms with Gasteiger partial charge in [0.05, 0.1) is 6.61 Å². The Bertz CT molecular complexity index is 762. The van der Waals surface area contributed by atoms with Gasteiger partial charge in [0, 0.05) is 12.8 Å². The summed E-state index contributed by atoms with van der Waals surface area (Å²) in [6, 6.07) is 0. The number of unbranched alkanes of at least 4 members (excludes halogenated alkanes) is 11. The molecule has 0 aliphatic heterocycles. The number of aliphatic hydroxyl groups excluding tert-OH is 1. The van der Waals surface area contributed by atoms with Crippen LogP contribution in [0.1, 0.15) is 142 Å². The van der Waals surface area contributed by atoms with Crippen LogP contribution < -0.4 is 0 Å². The maximum Gasteiger partial charge on any atom is 0.306 e. The minimum Gasteiger partial charge on any atom is -0.462 e. The van der Waals surface area contributed by atoms with E-state index in [1.165, 1.54) is 51.4 Å². The van der Waals surface area contributed by atoms with Crippen molar-refractivity contribution in [3.63, 3.8) is 0 Å². The first-order valence-electron chi connectivity index (χ1n) is 16.8. The molecule has 0 saturated carbocycles. The minimum absolute atomic E-state index is 0.0894. The average molecular weight is 587 g/mol. The van der Waals surface area contributed by atoms with Gasteiger partial charge in [-0.05, 0) is 51.4 Å². The molecule has 0 radical (unpaired) electrons. The summed E-state index contributed by atoms with van der Waals surface area (Å²) < 4.78 is 10.5. The maximum atomic E-state index is 12.1. The van der Waals surface area contributed by atoms with Crippen molar-refractivity contribution in [2.75, 3.05) is 13.2 Å². The second-order valence-corrected chi connectivity index (χ2v) is 10.9. The maximum absolute atomic E-state index is 12.1. The molecule has 5 heteroatoms. The Labute approximate surface area is 258 Å². The molecule has 0 fully saturated rings. The van der Waals surface area contributed by atoms with E-state index >= 15 is 0 Å². The molecule has 0 bridgehead atoms. The van der Waals surface area contributed by atoms with Crippen LogP contribution in [-0.4, -0.2) is 36.4 Å². The Balaban J connectivity index is 3.73. The fourth-order valence-corrected chi connectivity index (χ4v) is 4.29. The van der Waals surface area contributed by atoms with Crippen LogP contribution in [0.15, 0.2) is 60.8 Å². The van der Waals surface area contributed by atoms with Gasteiger partial charge >= 0.3 is 11.9 Å². The number of rotatable bonds is 29. The summed E-state index contributed by atoms with van der Waals surface area (Å²) in [4.78, 5) is 24.1. The van der Waals surface area contributed by atoms with Crippen LogP contribution >= 0.6 is 0 Å². The molecule has 1 N–H and O–H groups in total. The predicted molar refractivity (Wildman–Crippen MR) is 177 cm³/mol. The highest BCUT2D eigenvalue weighted by Crippen LogP contribution is 2.12. The molecule has 0 aromatic carbocycles. The van der Waals surface area contributed by atoms with Gasteiger partial charge in [0.15, 0.2) is 6.10 Å². The van der Waals surface area contributed by atoms with E-state index in [1.807, 2.05) is 0 Å². The predicted octanol–water partition coefficient (Wildman–Crippen LogP) is 10.1. The highest BCUT2D eigenvalue weighted by molar-refractivity contribution is 5.70. The first-order chi connectivity index (χ1) is 20.6. The normalized spacial score (nSPS) is 12.9. The standard InChI is InChI=1S/C37H62O5/c1-3-5-7-9-11-13-15-16-17-18-19-20-22-24-26-28-30-32-37(40)42-35(33-38)34-41-36(39)31-29-27-25-23-21-14-12-10-8-6-4-2/h5,7,11,13,16-17,19-20,24,26,35,38H,3-4,6,8-10,12,14-15,18,21-23,25,27-34H2,1-2H3. The van der Waals surface area contributed by atoms with E-state index in [9.17, 15) is 14.7 Å². The second-order valence-electron chi connectivity index (χ2n) is 10.9. The second kappa shape index (κ2) is 33.1. The van der Waals surface area contributed by atoms with Gasteiger partial charge in [-0.2, -0.15) is 0 Å². The van der Waals surface area contributed by atoms with Crippen molar-refractivity contribution in [1.29, 1.82) is 0 Å². The number of aliphatic hydroxyl groups is 1. The van der Waals surface area contributed by atoms with Gasteiger partial charge in [-0.1, -0.05) is 139 Å². The number of carbonyl (C=O) groups is 2. The molecule has 240 valence electrons. The quantitative estimate of drug-likeness (QED) is 0.0536. The number of hydrogen-bond donors (Lipinski definition) is 1. The molecule has 42 heavy (non-hydrogen) atoms. The molecule has 0 spiro atoms. The van der Waals surface area contributed by atoms with Gasteiger partial charge in [0.1, 0.15) is 6.61 Å². The molecule has 0 saturated heterocycles. The van der Waals surface area contributed by atoms with Crippen LogP contribution in [0.5, 0.6) is 0 Å². The Morgan fingerprint density at radius 2 is 1.02 bits per heavy atom. The lowest BCUT2D eigenvalue weighted by molar-refractivity contribution is -0.161. The van der Waals surface area contributed by atoms with Gasteiger partial charge in [-0.3, -0.25) is 9.59 Å². The van der Waals surface area contributed by atoms with Crippen LogP contribution in [0.2, 0.25) is 0 Å². The molecule has 1 unspecified atom stereocenters. The highest BCUT2D eigenvalue weighted by Gasteiger charge is 2.15. The smallest absolute Gasteiger partial charge is 0.306 e. The lowest BCUT2D eigenvalue weighted by Gasteiger charge is -2.15. The van der Waals surface area contributed by atoms with Crippen molar-refractivity contribution >= 4 is 11.9 Å². The SMILES string of the molecule is CCC=CCC=CCC=CCC=CCC=CCCCC(=O)OC(CO)COC(=O)CCCCCCCCCCCCC. The Morgan fingerprint density at radius 1 is 0.571 bits per heavy atom. The van der Waals surface area contributed by atoms with Gasteiger partial charge < -0.3 is 14.6 Å². The van der Waals surface area contributed by atoms with Crippen molar-refractivity contribution < 1.29 is 24.2 Å². The van der Waals surface area contributed by atoms with Crippen LogP contribution in [-0.2, 0) is 19.1 Å². The highest BCUT2D eigenvalue weighted by atomic mass is 16.6. The van der Waals surface area contributed by atoms with Crippen LogP contribution in [0.3, 0.4) is 0 Å². The Hall–Kier alpha value is -2.40. The Kier molecular flexibility index (Phi) is 31.2.